The molecule has 0 bridgehead atoms. The second kappa shape index (κ2) is 4.62. The maximum absolute atomic E-state index is 10.7. The van der Waals surface area contributed by atoms with E-state index in [9.17, 15) is 4.79 Å². The SMILES string of the molecule is Cc1ccccc1CCC(=O)ON. The average molecular weight is 179 g/mol. The Morgan fingerprint density at radius 1 is 1.46 bits per heavy atom. The molecule has 0 saturated heterocycles. The highest BCUT2D eigenvalue weighted by Gasteiger charge is 2.02. The van der Waals surface area contributed by atoms with E-state index in [1.54, 1.807) is 0 Å². The molecule has 1 aromatic rings. The number of rotatable bonds is 3. The zero-order valence-electron chi connectivity index (χ0n) is 7.62. The number of carbonyl (C=O) groups excluding carboxylic acids is 1. The molecule has 0 spiro atoms. The van der Waals surface area contributed by atoms with Crippen molar-refractivity contribution in [3.05, 3.63) is 35.4 Å². The van der Waals surface area contributed by atoms with Gasteiger partial charge >= 0.3 is 5.97 Å². The molecule has 2 N–H and O–H groups in total. The van der Waals surface area contributed by atoms with Crippen LogP contribution < -0.4 is 5.90 Å². The molecule has 0 aliphatic rings. The minimum atomic E-state index is -0.372. The quantitative estimate of drug-likeness (QED) is 0.712. The van der Waals surface area contributed by atoms with Crippen molar-refractivity contribution in [2.45, 2.75) is 19.8 Å². The summed E-state index contributed by atoms with van der Waals surface area (Å²) in [7, 11) is 0. The van der Waals surface area contributed by atoms with E-state index in [4.69, 9.17) is 5.90 Å². The Balaban J connectivity index is 2.54. The minimum absolute atomic E-state index is 0.335. The fourth-order valence-electron chi connectivity index (χ4n) is 1.19. The predicted molar refractivity (Wildman–Crippen MR) is 49.8 cm³/mol. The van der Waals surface area contributed by atoms with E-state index in [1.165, 1.54) is 5.56 Å². The van der Waals surface area contributed by atoms with E-state index in [2.05, 4.69) is 4.84 Å². The van der Waals surface area contributed by atoms with Crippen molar-refractivity contribution in [2.24, 2.45) is 5.90 Å². The number of benzene rings is 1. The topological polar surface area (TPSA) is 52.3 Å². The van der Waals surface area contributed by atoms with Gasteiger partial charge in [0.1, 0.15) is 0 Å². The first-order valence-corrected chi connectivity index (χ1v) is 4.18. The summed E-state index contributed by atoms with van der Waals surface area (Å²) in [5.74, 6) is 4.35. The summed E-state index contributed by atoms with van der Waals surface area (Å²) >= 11 is 0. The Kier molecular flexibility index (Phi) is 3.46. The number of hydrogen-bond donors (Lipinski definition) is 1. The second-order valence-electron chi connectivity index (χ2n) is 2.92. The van der Waals surface area contributed by atoms with Crippen LogP contribution in [0.3, 0.4) is 0 Å². The van der Waals surface area contributed by atoms with Crippen molar-refractivity contribution < 1.29 is 9.63 Å². The van der Waals surface area contributed by atoms with Gasteiger partial charge in [0.25, 0.3) is 0 Å². The summed E-state index contributed by atoms with van der Waals surface area (Å²) < 4.78 is 0. The van der Waals surface area contributed by atoms with E-state index >= 15 is 0 Å². The van der Waals surface area contributed by atoms with Gasteiger partial charge < -0.3 is 4.84 Å². The van der Waals surface area contributed by atoms with Crippen LogP contribution in [0.1, 0.15) is 17.5 Å². The molecular formula is C10H13NO2. The summed E-state index contributed by atoms with van der Waals surface area (Å²) in [6, 6.07) is 7.94. The van der Waals surface area contributed by atoms with Crippen LogP contribution in [0, 0.1) is 6.92 Å². The smallest absolute Gasteiger partial charge is 0.324 e. The average Bonchev–Trinajstić information content (AvgIpc) is 2.16. The standard InChI is InChI=1S/C10H13NO2/c1-8-4-2-3-5-9(8)6-7-10(12)13-11/h2-5H,6-7,11H2,1H3. The first-order valence-electron chi connectivity index (χ1n) is 4.18. The highest BCUT2D eigenvalue weighted by Crippen LogP contribution is 2.09. The van der Waals surface area contributed by atoms with Gasteiger partial charge in [0, 0.05) is 0 Å². The summed E-state index contributed by atoms with van der Waals surface area (Å²) in [5.41, 5.74) is 2.35. The fourth-order valence-corrected chi connectivity index (χ4v) is 1.19. The maximum atomic E-state index is 10.7. The monoisotopic (exact) mass is 179 g/mol. The Morgan fingerprint density at radius 3 is 2.77 bits per heavy atom. The van der Waals surface area contributed by atoms with Gasteiger partial charge in [0.05, 0.1) is 6.42 Å². The van der Waals surface area contributed by atoms with E-state index in [1.807, 2.05) is 31.2 Å². The molecule has 0 aliphatic heterocycles. The van der Waals surface area contributed by atoms with E-state index in [0.717, 1.165) is 5.56 Å². The van der Waals surface area contributed by atoms with Gasteiger partial charge in [-0.3, -0.25) is 4.79 Å². The Bertz CT molecular complexity index is 297. The van der Waals surface area contributed by atoms with Crippen LogP contribution in [0.5, 0.6) is 0 Å². The second-order valence-corrected chi connectivity index (χ2v) is 2.92. The van der Waals surface area contributed by atoms with Crippen LogP contribution in [0.4, 0.5) is 0 Å². The van der Waals surface area contributed by atoms with Gasteiger partial charge in [-0.05, 0) is 24.5 Å². The van der Waals surface area contributed by atoms with Crippen molar-refractivity contribution >= 4 is 5.97 Å². The highest BCUT2D eigenvalue weighted by atomic mass is 16.7. The van der Waals surface area contributed by atoms with Gasteiger partial charge in [-0.1, -0.05) is 24.3 Å². The molecule has 0 atom stereocenters. The van der Waals surface area contributed by atoms with Crippen molar-refractivity contribution in [3.8, 4) is 0 Å². The molecule has 1 aromatic carbocycles. The third-order valence-corrected chi connectivity index (χ3v) is 1.99. The molecule has 3 heteroatoms. The highest BCUT2D eigenvalue weighted by molar-refractivity contribution is 5.69. The molecule has 0 saturated carbocycles. The Morgan fingerprint density at radius 2 is 2.15 bits per heavy atom. The van der Waals surface area contributed by atoms with Crippen LogP contribution in [0.25, 0.3) is 0 Å². The lowest BCUT2D eigenvalue weighted by atomic mass is 10.0. The van der Waals surface area contributed by atoms with Crippen molar-refractivity contribution in [2.75, 3.05) is 0 Å². The van der Waals surface area contributed by atoms with Gasteiger partial charge in [-0.2, -0.15) is 5.90 Å². The molecule has 0 aromatic heterocycles. The third kappa shape index (κ3) is 2.87. The minimum Gasteiger partial charge on any atom is -0.373 e. The number of nitrogens with two attached hydrogens (primary N) is 1. The first-order chi connectivity index (χ1) is 6.24. The Labute approximate surface area is 77.5 Å². The zero-order chi connectivity index (χ0) is 9.68. The first kappa shape index (κ1) is 9.74. The molecule has 0 fully saturated rings. The number of carbonyl (C=O) groups is 1. The van der Waals surface area contributed by atoms with Crippen molar-refractivity contribution in [1.82, 2.24) is 0 Å². The van der Waals surface area contributed by atoms with E-state index in [0.29, 0.717) is 12.8 Å². The number of aryl methyl sites for hydroxylation is 2. The molecule has 0 heterocycles. The normalized spacial score (nSPS) is 9.69. The van der Waals surface area contributed by atoms with Crippen molar-refractivity contribution in [3.63, 3.8) is 0 Å². The molecule has 0 unspecified atom stereocenters. The van der Waals surface area contributed by atoms with Gasteiger partial charge in [-0.25, -0.2) is 0 Å². The molecule has 0 aliphatic carbocycles. The van der Waals surface area contributed by atoms with Crippen molar-refractivity contribution in [1.29, 1.82) is 0 Å². The molecule has 3 nitrogen and oxygen atoms in total. The lowest BCUT2D eigenvalue weighted by Gasteiger charge is -2.03. The van der Waals surface area contributed by atoms with Crippen LogP contribution in [-0.2, 0) is 16.1 Å². The van der Waals surface area contributed by atoms with Crippen LogP contribution in [0.15, 0.2) is 24.3 Å². The van der Waals surface area contributed by atoms with Crippen LogP contribution in [-0.4, -0.2) is 5.97 Å². The van der Waals surface area contributed by atoms with Gasteiger partial charge in [0.2, 0.25) is 0 Å². The summed E-state index contributed by atoms with van der Waals surface area (Å²) in [4.78, 5) is 14.8. The van der Waals surface area contributed by atoms with Gasteiger partial charge in [0.15, 0.2) is 0 Å². The zero-order valence-corrected chi connectivity index (χ0v) is 7.62. The molecule has 1 rings (SSSR count). The molecule has 70 valence electrons. The van der Waals surface area contributed by atoms with E-state index < -0.39 is 0 Å². The van der Waals surface area contributed by atoms with Crippen LogP contribution >= 0.6 is 0 Å². The largest absolute Gasteiger partial charge is 0.373 e. The predicted octanol–water partition coefficient (Wildman–Crippen LogP) is 1.34. The summed E-state index contributed by atoms with van der Waals surface area (Å²) in [6.45, 7) is 2.02. The molecule has 0 radical (unpaired) electrons. The van der Waals surface area contributed by atoms with Crippen LogP contribution in [0.2, 0.25) is 0 Å². The summed E-state index contributed by atoms with van der Waals surface area (Å²) in [5, 5.41) is 0. The molecule has 13 heavy (non-hydrogen) atoms. The van der Waals surface area contributed by atoms with E-state index in [-0.39, 0.29) is 5.97 Å². The third-order valence-electron chi connectivity index (χ3n) is 1.99. The fraction of sp³-hybridized carbons (Fsp3) is 0.300. The molecule has 0 amide bonds. The lowest BCUT2D eigenvalue weighted by Crippen LogP contribution is -2.10. The summed E-state index contributed by atoms with van der Waals surface area (Å²) in [6.07, 6.45) is 1.02. The lowest BCUT2D eigenvalue weighted by molar-refractivity contribution is -0.144. The molecular weight excluding hydrogens is 166 g/mol. The number of hydrogen-bond acceptors (Lipinski definition) is 3. The van der Waals surface area contributed by atoms with Gasteiger partial charge in [-0.15, -0.1) is 0 Å². The maximum Gasteiger partial charge on any atom is 0.324 e. The Hall–Kier alpha value is -1.35.